The summed E-state index contributed by atoms with van der Waals surface area (Å²) in [6.07, 6.45) is 38.0. The fourth-order valence-corrected chi connectivity index (χ4v) is 6.94. The van der Waals surface area contributed by atoms with Crippen molar-refractivity contribution >= 4 is 23.1 Å². The molecule has 0 N–H and O–H groups in total. The third kappa shape index (κ3) is 9.11. The van der Waals surface area contributed by atoms with E-state index in [1.807, 2.05) is 19.1 Å². The fraction of sp³-hybridized carbons (Fsp3) is 0.240. The van der Waals surface area contributed by atoms with Crippen molar-refractivity contribution in [3.8, 4) is 11.1 Å². The quantitative estimate of drug-likeness (QED) is 0.165. The molecule has 5 rings (SSSR count). The molecule has 0 saturated carbocycles. The molecule has 0 heterocycles. The molecule has 3 aromatic rings. The minimum absolute atomic E-state index is 0.208. The van der Waals surface area contributed by atoms with Crippen LogP contribution in [0.1, 0.15) is 59.1 Å². The molecular weight excluding hydrogens is 629 g/mol. The van der Waals surface area contributed by atoms with E-state index in [-0.39, 0.29) is 11.6 Å². The average Bonchev–Trinajstić information content (AvgIpc) is 3.15. The Morgan fingerprint density at radius 3 is 2.15 bits per heavy atom. The van der Waals surface area contributed by atoms with Gasteiger partial charge in [0.05, 0.1) is 11.6 Å². The van der Waals surface area contributed by atoms with Crippen LogP contribution in [-0.2, 0) is 0 Å². The second kappa shape index (κ2) is 17.7. The highest BCUT2D eigenvalue weighted by Gasteiger charge is 2.28. The highest BCUT2D eigenvalue weighted by atomic mass is 15.2. The summed E-state index contributed by atoms with van der Waals surface area (Å²) >= 11 is 0. The first-order valence-electron chi connectivity index (χ1n) is 18.7. The number of rotatable bonds is 13. The average molecular weight is 685 g/mol. The summed E-state index contributed by atoms with van der Waals surface area (Å²) in [4.78, 5) is 4.98. The van der Waals surface area contributed by atoms with Crippen LogP contribution in [0.2, 0.25) is 0 Å². The Balaban J connectivity index is 1.53. The largest absolute Gasteiger partial charge is 0.334 e. The Labute approximate surface area is 314 Å². The number of anilines is 3. The zero-order chi connectivity index (χ0) is 37.1. The predicted octanol–water partition coefficient (Wildman–Crippen LogP) is 13.8. The molecule has 2 unspecified atom stereocenters. The molecule has 0 saturated heterocycles. The summed E-state index contributed by atoms with van der Waals surface area (Å²) in [5.41, 5.74) is 10.6. The zero-order valence-corrected chi connectivity index (χ0v) is 32.2. The van der Waals surface area contributed by atoms with Crippen molar-refractivity contribution in [3.63, 3.8) is 0 Å². The van der Waals surface area contributed by atoms with Crippen LogP contribution in [0.4, 0.5) is 17.1 Å². The Morgan fingerprint density at radius 2 is 1.54 bits per heavy atom. The van der Waals surface area contributed by atoms with Crippen LogP contribution < -0.4 is 9.80 Å². The number of nitrogens with zero attached hydrogens (tertiary/aromatic N) is 2. The summed E-state index contributed by atoms with van der Waals surface area (Å²) in [7, 11) is 0. The number of hydrogen-bond acceptors (Lipinski definition) is 2. The van der Waals surface area contributed by atoms with E-state index >= 15 is 0 Å². The minimum atomic E-state index is -0.295. The van der Waals surface area contributed by atoms with Gasteiger partial charge >= 0.3 is 0 Å². The standard InChI is InChI=1S/C50H56N2/c1-9-11-18-37-50(7,8)52(48-26-19-24-41(40(48)6)21-12-10-2)46-34-30-43(31-35-46)42-28-32-45(33-29-42)51(47-25-17-16-20-39(47)5)49(36-27-38(3)4)44-22-14-13-15-23-44/h9-22,24-39,47H,2,23H2,1,3-8H3/b11-9-,21-12-,36-27-,37-18-,49-44+. The van der Waals surface area contributed by atoms with Gasteiger partial charge in [0.15, 0.2) is 0 Å². The van der Waals surface area contributed by atoms with E-state index in [2.05, 4.69) is 216 Å². The van der Waals surface area contributed by atoms with E-state index in [9.17, 15) is 0 Å². The van der Waals surface area contributed by atoms with Gasteiger partial charge in [-0.25, -0.2) is 0 Å². The Hall–Kier alpha value is -5.34. The first-order chi connectivity index (χ1) is 25.1. The van der Waals surface area contributed by atoms with Crippen molar-refractivity contribution in [2.75, 3.05) is 9.80 Å². The molecule has 3 aromatic carbocycles. The maximum atomic E-state index is 3.87. The van der Waals surface area contributed by atoms with Gasteiger partial charge in [0.1, 0.15) is 0 Å². The van der Waals surface area contributed by atoms with Gasteiger partial charge in [0.25, 0.3) is 0 Å². The summed E-state index contributed by atoms with van der Waals surface area (Å²) in [6, 6.07) is 24.9. The minimum Gasteiger partial charge on any atom is -0.334 e. The molecule has 0 fully saturated rings. The molecule has 2 aliphatic rings. The van der Waals surface area contributed by atoms with Crippen molar-refractivity contribution in [2.24, 2.45) is 11.8 Å². The molecule has 2 heteroatoms. The van der Waals surface area contributed by atoms with E-state index in [4.69, 9.17) is 0 Å². The zero-order valence-electron chi connectivity index (χ0n) is 32.2. The highest BCUT2D eigenvalue weighted by Crippen LogP contribution is 2.39. The van der Waals surface area contributed by atoms with Crippen molar-refractivity contribution in [3.05, 3.63) is 193 Å². The highest BCUT2D eigenvalue weighted by molar-refractivity contribution is 5.76. The number of allylic oxidation sites excluding steroid dienone is 14. The van der Waals surface area contributed by atoms with Gasteiger partial charge in [-0.15, -0.1) is 0 Å². The van der Waals surface area contributed by atoms with Gasteiger partial charge in [-0.2, -0.15) is 0 Å². The number of benzene rings is 3. The summed E-state index contributed by atoms with van der Waals surface area (Å²) < 4.78 is 0. The number of hydrogen-bond donors (Lipinski definition) is 0. The molecule has 2 atom stereocenters. The normalized spacial score (nSPS) is 18.5. The first kappa shape index (κ1) is 37.9. The molecule has 52 heavy (non-hydrogen) atoms. The third-order valence-corrected chi connectivity index (χ3v) is 9.77. The molecule has 2 nitrogen and oxygen atoms in total. The molecule has 0 radical (unpaired) electrons. The van der Waals surface area contributed by atoms with Crippen LogP contribution in [0.25, 0.3) is 17.2 Å². The topological polar surface area (TPSA) is 6.48 Å². The van der Waals surface area contributed by atoms with Crippen LogP contribution in [0.15, 0.2) is 182 Å². The smallest absolute Gasteiger partial charge is 0.0585 e. The van der Waals surface area contributed by atoms with Crippen LogP contribution >= 0.6 is 0 Å². The molecule has 0 amide bonds. The van der Waals surface area contributed by atoms with Gasteiger partial charge < -0.3 is 9.80 Å². The van der Waals surface area contributed by atoms with E-state index in [1.165, 1.54) is 44.9 Å². The first-order valence-corrected chi connectivity index (χ1v) is 18.7. The van der Waals surface area contributed by atoms with Crippen molar-refractivity contribution in [2.45, 2.75) is 66.5 Å². The van der Waals surface area contributed by atoms with Gasteiger partial charge in [0, 0.05) is 22.8 Å². The van der Waals surface area contributed by atoms with E-state index in [0.717, 1.165) is 12.1 Å². The molecule has 0 aliphatic heterocycles. The second-order valence-corrected chi connectivity index (χ2v) is 14.5. The molecule has 0 aromatic heterocycles. The maximum Gasteiger partial charge on any atom is 0.0585 e. The van der Waals surface area contributed by atoms with Crippen LogP contribution in [0.3, 0.4) is 0 Å². The lowest BCUT2D eigenvalue weighted by Crippen LogP contribution is -2.39. The van der Waals surface area contributed by atoms with E-state index in [0.29, 0.717) is 11.8 Å². The van der Waals surface area contributed by atoms with Crippen LogP contribution in [-0.4, -0.2) is 11.6 Å². The van der Waals surface area contributed by atoms with Crippen LogP contribution in [0.5, 0.6) is 0 Å². The summed E-state index contributed by atoms with van der Waals surface area (Å²) in [5.74, 6) is 0.823. The van der Waals surface area contributed by atoms with E-state index < -0.39 is 0 Å². The SMILES string of the molecule is C=C/C=C\c1cccc(N(c2ccc(-c3ccc(N(C(/C=C\C(C)C)=C4\C=CC=CC4)C4C=CC=CC4C)cc3)cc2)C(C)(C)/C=C\C=C/C)c1C. The van der Waals surface area contributed by atoms with Crippen molar-refractivity contribution < 1.29 is 0 Å². The monoisotopic (exact) mass is 684 g/mol. The molecule has 0 spiro atoms. The lowest BCUT2D eigenvalue weighted by Gasteiger charge is -2.40. The van der Waals surface area contributed by atoms with Crippen LogP contribution in [0, 0.1) is 18.8 Å². The Bertz CT molecular complexity index is 1950. The predicted molar refractivity (Wildman–Crippen MR) is 230 cm³/mol. The fourth-order valence-electron chi connectivity index (χ4n) is 6.94. The van der Waals surface area contributed by atoms with Crippen molar-refractivity contribution in [1.29, 1.82) is 0 Å². The lowest BCUT2D eigenvalue weighted by atomic mass is 9.92. The van der Waals surface area contributed by atoms with Gasteiger partial charge in [-0.3, -0.25) is 0 Å². The lowest BCUT2D eigenvalue weighted by molar-refractivity contribution is 0.596. The van der Waals surface area contributed by atoms with E-state index in [1.54, 1.807) is 0 Å². The summed E-state index contributed by atoms with van der Waals surface area (Å²) in [5, 5.41) is 0. The van der Waals surface area contributed by atoms with Gasteiger partial charge in [0.2, 0.25) is 0 Å². The van der Waals surface area contributed by atoms with Gasteiger partial charge in [-0.1, -0.05) is 161 Å². The summed E-state index contributed by atoms with van der Waals surface area (Å²) in [6.45, 7) is 19.5. The Morgan fingerprint density at radius 1 is 0.846 bits per heavy atom. The molecule has 0 bridgehead atoms. The molecule has 2 aliphatic carbocycles. The van der Waals surface area contributed by atoms with Gasteiger partial charge in [-0.05, 0) is 110 Å². The molecular formula is C50H56N2. The maximum absolute atomic E-state index is 3.87. The Kier molecular flexibility index (Phi) is 12.9. The third-order valence-electron chi connectivity index (χ3n) is 9.77. The van der Waals surface area contributed by atoms with Crippen molar-refractivity contribution in [1.82, 2.24) is 0 Å². The second-order valence-electron chi connectivity index (χ2n) is 14.5. The molecule has 266 valence electrons.